The lowest BCUT2D eigenvalue weighted by atomic mass is 9.85. The fourth-order valence-corrected chi connectivity index (χ4v) is 2.50. The number of hydrogen-bond acceptors (Lipinski definition) is 1. The molecule has 3 nitrogen and oxygen atoms in total. The van der Waals surface area contributed by atoms with Crippen LogP contribution in [0.2, 0.25) is 0 Å². The summed E-state index contributed by atoms with van der Waals surface area (Å²) in [7, 11) is 1.83. The zero-order chi connectivity index (χ0) is 14.6. The van der Waals surface area contributed by atoms with Crippen molar-refractivity contribution in [3.63, 3.8) is 0 Å². The Labute approximate surface area is 153 Å². The van der Waals surface area contributed by atoms with Crippen LogP contribution in [0.1, 0.15) is 32.3 Å². The molecule has 0 spiro atoms. The molecule has 1 saturated carbocycles. The first-order valence-corrected chi connectivity index (χ1v) is 8.01. The summed E-state index contributed by atoms with van der Waals surface area (Å²) in [6.07, 6.45) is 2.71. The molecule has 0 heterocycles. The van der Waals surface area contributed by atoms with Gasteiger partial charge in [0.1, 0.15) is 0 Å². The SMILES string of the molecule is CN=C(NCC1CC1)NCC(C)(C)c1cccc(Br)c1.I. The van der Waals surface area contributed by atoms with E-state index in [1.165, 1.54) is 18.4 Å². The highest BCUT2D eigenvalue weighted by molar-refractivity contribution is 14.0. The first-order valence-electron chi connectivity index (χ1n) is 7.22. The van der Waals surface area contributed by atoms with E-state index in [0.29, 0.717) is 0 Å². The second kappa shape index (κ2) is 8.36. The minimum atomic E-state index is 0. The number of benzene rings is 1. The minimum absolute atomic E-state index is 0. The molecule has 118 valence electrons. The Morgan fingerprint density at radius 2 is 2.05 bits per heavy atom. The summed E-state index contributed by atoms with van der Waals surface area (Å²) >= 11 is 3.54. The number of halogens is 2. The van der Waals surface area contributed by atoms with E-state index in [4.69, 9.17) is 0 Å². The van der Waals surface area contributed by atoms with Crippen molar-refractivity contribution in [2.75, 3.05) is 20.1 Å². The predicted molar refractivity (Wildman–Crippen MR) is 105 cm³/mol. The predicted octanol–water partition coefficient (Wildman–Crippen LogP) is 3.92. The van der Waals surface area contributed by atoms with Crippen LogP contribution >= 0.6 is 39.9 Å². The highest BCUT2D eigenvalue weighted by Gasteiger charge is 2.23. The monoisotopic (exact) mass is 465 g/mol. The van der Waals surface area contributed by atoms with Gasteiger partial charge in [-0.1, -0.05) is 41.9 Å². The maximum absolute atomic E-state index is 4.29. The van der Waals surface area contributed by atoms with E-state index in [1.54, 1.807) is 0 Å². The smallest absolute Gasteiger partial charge is 0.191 e. The summed E-state index contributed by atoms with van der Waals surface area (Å²) in [5.41, 5.74) is 1.37. The third kappa shape index (κ3) is 6.14. The quantitative estimate of drug-likeness (QED) is 0.392. The largest absolute Gasteiger partial charge is 0.356 e. The van der Waals surface area contributed by atoms with Gasteiger partial charge >= 0.3 is 0 Å². The summed E-state index contributed by atoms with van der Waals surface area (Å²) in [5.74, 6) is 1.76. The van der Waals surface area contributed by atoms with Crippen molar-refractivity contribution >= 4 is 45.9 Å². The maximum atomic E-state index is 4.29. The van der Waals surface area contributed by atoms with E-state index in [-0.39, 0.29) is 29.4 Å². The Balaban J connectivity index is 0.00000220. The molecular formula is C16H25BrIN3. The van der Waals surface area contributed by atoms with E-state index in [1.807, 2.05) is 7.05 Å². The van der Waals surface area contributed by atoms with Gasteiger partial charge in [-0.25, -0.2) is 0 Å². The molecule has 2 N–H and O–H groups in total. The van der Waals surface area contributed by atoms with Gasteiger partial charge in [-0.3, -0.25) is 4.99 Å². The highest BCUT2D eigenvalue weighted by atomic mass is 127. The second-order valence-electron chi connectivity index (χ2n) is 6.14. The molecule has 1 aromatic carbocycles. The van der Waals surface area contributed by atoms with Crippen molar-refractivity contribution in [1.82, 2.24) is 10.6 Å². The van der Waals surface area contributed by atoms with Gasteiger partial charge in [-0.2, -0.15) is 0 Å². The van der Waals surface area contributed by atoms with Gasteiger partial charge in [-0.05, 0) is 36.5 Å². The molecule has 0 radical (unpaired) electrons. The molecule has 2 rings (SSSR count). The van der Waals surface area contributed by atoms with Gasteiger partial charge in [-0.15, -0.1) is 24.0 Å². The van der Waals surface area contributed by atoms with Gasteiger partial charge in [0.2, 0.25) is 0 Å². The Bertz CT molecular complexity index is 484. The number of nitrogens with one attached hydrogen (secondary N) is 2. The Morgan fingerprint density at radius 3 is 2.62 bits per heavy atom. The van der Waals surface area contributed by atoms with E-state index in [0.717, 1.165) is 29.4 Å². The van der Waals surface area contributed by atoms with Crippen LogP contribution in [0.5, 0.6) is 0 Å². The van der Waals surface area contributed by atoms with Gasteiger partial charge in [0, 0.05) is 30.0 Å². The van der Waals surface area contributed by atoms with E-state index in [2.05, 4.69) is 69.7 Å². The molecule has 21 heavy (non-hydrogen) atoms. The topological polar surface area (TPSA) is 36.4 Å². The first-order chi connectivity index (χ1) is 9.51. The molecule has 5 heteroatoms. The fourth-order valence-electron chi connectivity index (χ4n) is 2.10. The molecule has 0 unspecified atom stereocenters. The molecule has 0 atom stereocenters. The maximum Gasteiger partial charge on any atom is 0.191 e. The Morgan fingerprint density at radius 1 is 1.33 bits per heavy atom. The molecule has 1 aromatic rings. The van der Waals surface area contributed by atoms with Gasteiger partial charge in [0.15, 0.2) is 5.96 Å². The molecule has 1 aliphatic rings. The Kier molecular flexibility index (Phi) is 7.47. The van der Waals surface area contributed by atoms with Crippen LogP contribution in [0, 0.1) is 5.92 Å². The average Bonchev–Trinajstić information content (AvgIpc) is 3.23. The molecule has 0 aliphatic heterocycles. The molecular weight excluding hydrogens is 441 g/mol. The van der Waals surface area contributed by atoms with Crippen molar-refractivity contribution in [3.8, 4) is 0 Å². The number of nitrogens with zero attached hydrogens (tertiary/aromatic N) is 1. The minimum Gasteiger partial charge on any atom is -0.356 e. The zero-order valence-corrected chi connectivity index (χ0v) is 16.9. The van der Waals surface area contributed by atoms with Crippen LogP contribution in [-0.4, -0.2) is 26.1 Å². The lowest BCUT2D eigenvalue weighted by molar-refractivity contribution is 0.508. The normalized spacial score (nSPS) is 15.3. The number of guanidine groups is 1. The molecule has 0 amide bonds. The number of rotatable bonds is 5. The standard InChI is InChI=1S/C16H24BrN3.HI/c1-16(2,13-5-4-6-14(17)9-13)11-20-15(18-3)19-10-12-7-8-12;/h4-6,9,12H,7-8,10-11H2,1-3H3,(H2,18,19,20);1H. The third-order valence-corrected chi connectivity index (χ3v) is 4.28. The van der Waals surface area contributed by atoms with E-state index in [9.17, 15) is 0 Å². The number of aliphatic imine (C=N–C) groups is 1. The summed E-state index contributed by atoms with van der Waals surface area (Å²) in [4.78, 5) is 4.29. The average molecular weight is 466 g/mol. The van der Waals surface area contributed by atoms with E-state index >= 15 is 0 Å². The van der Waals surface area contributed by atoms with Gasteiger partial charge < -0.3 is 10.6 Å². The molecule has 0 saturated heterocycles. The van der Waals surface area contributed by atoms with Crippen LogP contribution in [0.3, 0.4) is 0 Å². The highest BCUT2D eigenvalue weighted by Crippen LogP contribution is 2.27. The zero-order valence-electron chi connectivity index (χ0n) is 12.9. The van der Waals surface area contributed by atoms with Crippen molar-refractivity contribution in [2.45, 2.75) is 32.1 Å². The second-order valence-corrected chi connectivity index (χ2v) is 7.06. The summed E-state index contributed by atoms with van der Waals surface area (Å²) in [5, 5.41) is 6.83. The fraction of sp³-hybridized carbons (Fsp3) is 0.562. The van der Waals surface area contributed by atoms with E-state index < -0.39 is 0 Å². The summed E-state index contributed by atoms with van der Waals surface area (Å²) in [6, 6.07) is 8.50. The van der Waals surface area contributed by atoms with Crippen molar-refractivity contribution < 1.29 is 0 Å². The van der Waals surface area contributed by atoms with Crippen LogP contribution in [0.15, 0.2) is 33.7 Å². The number of hydrogen-bond donors (Lipinski definition) is 2. The molecule has 0 bridgehead atoms. The summed E-state index contributed by atoms with van der Waals surface area (Å²) in [6.45, 7) is 6.39. The van der Waals surface area contributed by atoms with Gasteiger partial charge in [0.05, 0.1) is 0 Å². The van der Waals surface area contributed by atoms with Crippen molar-refractivity contribution in [2.24, 2.45) is 10.9 Å². The molecule has 1 fully saturated rings. The van der Waals surface area contributed by atoms with Crippen LogP contribution in [0.25, 0.3) is 0 Å². The lowest BCUT2D eigenvalue weighted by Gasteiger charge is -2.27. The molecule has 0 aromatic heterocycles. The van der Waals surface area contributed by atoms with Crippen molar-refractivity contribution in [1.29, 1.82) is 0 Å². The lowest BCUT2D eigenvalue weighted by Crippen LogP contribution is -2.44. The van der Waals surface area contributed by atoms with Crippen molar-refractivity contribution in [3.05, 3.63) is 34.3 Å². The third-order valence-electron chi connectivity index (χ3n) is 3.78. The molecule has 1 aliphatic carbocycles. The Hall–Kier alpha value is -0.300. The summed E-state index contributed by atoms with van der Waals surface area (Å²) < 4.78 is 1.12. The van der Waals surface area contributed by atoms with Crippen LogP contribution in [0.4, 0.5) is 0 Å². The first kappa shape index (κ1) is 18.7. The van der Waals surface area contributed by atoms with Crippen LogP contribution < -0.4 is 10.6 Å². The van der Waals surface area contributed by atoms with Gasteiger partial charge in [0.25, 0.3) is 0 Å². The van der Waals surface area contributed by atoms with Crippen LogP contribution in [-0.2, 0) is 5.41 Å².